The Balaban J connectivity index is 1.50. The third-order valence-electron chi connectivity index (χ3n) is 4.76. The minimum absolute atomic E-state index is 0.0468. The van der Waals surface area contributed by atoms with Gasteiger partial charge in [0.15, 0.2) is 12.4 Å². The molecule has 3 rings (SSSR count). The highest BCUT2D eigenvalue weighted by atomic mass is 35.5. The van der Waals surface area contributed by atoms with Crippen molar-refractivity contribution in [3.63, 3.8) is 0 Å². The predicted octanol–water partition coefficient (Wildman–Crippen LogP) is 2.98. The summed E-state index contributed by atoms with van der Waals surface area (Å²) in [7, 11) is 1.43. The SMILES string of the molecule is COc1ccc(OCC(=O)N2CCN(Cc3ccc(Cl)cc3)CC2)c([N+](=O)[O-])c1. The number of amides is 1. The maximum absolute atomic E-state index is 12.5. The first kappa shape index (κ1) is 20.9. The predicted molar refractivity (Wildman–Crippen MR) is 108 cm³/mol. The van der Waals surface area contributed by atoms with Gasteiger partial charge in [-0.3, -0.25) is 19.8 Å². The molecule has 0 radical (unpaired) electrons. The van der Waals surface area contributed by atoms with Gasteiger partial charge in [0.05, 0.1) is 18.1 Å². The molecule has 9 heteroatoms. The van der Waals surface area contributed by atoms with E-state index in [0.29, 0.717) is 23.9 Å². The maximum Gasteiger partial charge on any atom is 0.314 e. The van der Waals surface area contributed by atoms with E-state index >= 15 is 0 Å². The van der Waals surface area contributed by atoms with E-state index in [2.05, 4.69) is 4.90 Å². The normalized spacial score (nSPS) is 14.5. The summed E-state index contributed by atoms with van der Waals surface area (Å²) in [5.41, 5.74) is 0.939. The molecule has 2 aromatic carbocycles. The lowest BCUT2D eigenvalue weighted by molar-refractivity contribution is -0.385. The second kappa shape index (κ2) is 9.58. The lowest BCUT2D eigenvalue weighted by atomic mass is 10.2. The van der Waals surface area contributed by atoms with Crippen LogP contribution in [-0.4, -0.2) is 60.5 Å². The van der Waals surface area contributed by atoms with E-state index in [0.717, 1.165) is 19.6 Å². The van der Waals surface area contributed by atoms with Gasteiger partial charge in [-0.05, 0) is 29.8 Å². The van der Waals surface area contributed by atoms with Crippen LogP contribution in [0.15, 0.2) is 42.5 Å². The van der Waals surface area contributed by atoms with Crippen molar-refractivity contribution in [3.8, 4) is 11.5 Å². The number of halogens is 1. The molecular weight excluding hydrogens is 398 g/mol. The van der Waals surface area contributed by atoms with Crippen LogP contribution in [0, 0.1) is 10.1 Å². The molecule has 154 valence electrons. The molecule has 1 fully saturated rings. The van der Waals surface area contributed by atoms with Crippen LogP contribution in [0.2, 0.25) is 5.02 Å². The minimum atomic E-state index is -0.558. The molecule has 0 saturated carbocycles. The van der Waals surface area contributed by atoms with Crippen molar-refractivity contribution in [2.45, 2.75) is 6.54 Å². The summed E-state index contributed by atoms with van der Waals surface area (Å²) in [4.78, 5) is 27.1. The van der Waals surface area contributed by atoms with Crippen molar-refractivity contribution in [1.82, 2.24) is 9.80 Å². The van der Waals surface area contributed by atoms with Gasteiger partial charge in [-0.15, -0.1) is 0 Å². The molecular formula is C20H22ClN3O5. The molecule has 1 aliphatic heterocycles. The first-order chi connectivity index (χ1) is 14.0. The van der Waals surface area contributed by atoms with Crippen LogP contribution in [0.1, 0.15) is 5.56 Å². The number of methoxy groups -OCH3 is 1. The van der Waals surface area contributed by atoms with Gasteiger partial charge >= 0.3 is 5.69 Å². The van der Waals surface area contributed by atoms with Crippen molar-refractivity contribution in [2.75, 3.05) is 39.9 Å². The van der Waals surface area contributed by atoms with Gasteiger partial charge in [-0.1, -0.05) is 23.7 Å². The van der Waals surface area contributed by atoms with Crippen molar-refractivity contribution in [3.05, 3.63) is 63.2 Å². The summed E-state index contributed by atoms with van der Waals surface area (Å²) in [5, 5.41) is 11.9. The molecule has 0 atom stereocenters. The summed E-state index contributed by atoms with van der Waals surface area (Å²) < 4.78 is 10.4. The molecule has 1 aliphatic rings. The number of ether oxygens (including phenoxy) is 2. The van der Waals surface area contributed by atoms with E-state index in [1.54, 1.807) is 11.0 Å². The third kappa shape index (κ3) is 5.58. The summed E-state index contributed by atoms with van der Waals surface area (Å²) in [6.45, 7) is 3.22. The Morgan fingerprint density at radius 3 is 2.45 bits per heavy atom. The van der Waals surface area contributed by atoms with Crippen LogP contribution in [0.5, 0.6) is 11.5 Å². The van der Waals surface area contributed by atoms with E-state index in [9.17, 15) is 14.9 Å². The number of hydrogen-bond donors (Lipinski definition) is 0. The number of rotatable bonds is 7. The molecule has 0 unspecified atom stereocenters. The highest BCUT2D eigenvalue weighted by Crippen LogP contribution is 2.31. The second-order valence-corrected chi connectivity index (χ2v) is 7.10. The zero-order chi connectivity index (χ0) is 20.8. The van der Waals surface area contributed by atoms with Crippen LogP contribution in [-0.2, 0) is 11.3 Å². The Kier molecular flexibility index (Phi) is 6.90. The summed E-state index contributed by atoms with van der Waals surface area (Å²) in [5.74, 6) is 0.207. The number of nitro benzene ring substituents is 1. The van der Waals surface area contributed by atoms with Crippen molar-refractivity contribution in [1.29, 1.82) is 0 Å². The molecule has 0 spiro atoms. The topological polar surface area (TPSA) is 85.2 Å². The summed E-state index contributed by atoms with van der Waals surface area (Å²) in [6.07, 6.45) is 0. The number of hydrogen-bond acceptors (Lipinski definition) is 6. The standard InChI is InChI=1S/C20H22ClN3O5/c1-28-17-6-7-19(18(12-17)24(26)27)29-14-20(25)23-10-8-22(9-11-23)13-15-2-4-16(21)5-3-15/h2-7,12H,8-11,13-14H2,1H3. The zero-order valence-corrected chi connectivity index (χ0v) is 16.8. The van der Waals surface area contributed by atoms with E-state index in [-0.39, 0.29) is 24.0 Å². The Labute approximate surface area is 173 Å². The quantitative estimate of drug-likeness (QED) is 0.506. The van der Waals surface area contributed by atoms with Gasteiger partial charge < -0.3 is 14.4 Å². The fourth-order valence-corrected chi connectivity index (χ4v) is 3.25. The number of carbonyl (C=O) groups is 1. The van der Waals surface area contributed by atoms with Gasteiger partial charge in [0.2, 0.25) is 0 Å². The Hall–Kier alpha value is -2.84. The molecule has 1 saturated heterocycles. The molecule has 29 heavy (non-hydrogen) atoms. The smallest absolute Gasteiger partial charge is 0.314 e. The lowest BCUT2D eigenvalue weighted by Crippen LogP contribution is -2.49. The number of benzene rings is 2. The average Bonchev–Trinajstić information content (AvgIpc) is 2.74. The molecule has 0 bridgehead atoms. The highest BCUT2D eigenvalue weighted by molar-refractivity contribution is 6.30. The number of carbonyl (C=O) groups excluding carboxylic acids is 1. The zero-order valence-electron chi connectivity index (χ0n) is 16.0. The highest BCUT2D eigenvalue weighted by Gasteiger charge is 2.23. The molecule has 0 N–H and O–H groups in total. The van der Waals surface area contributed by atoms with Crippen molar-refractivity contribution >= 4 is 23.2 Å². The average molecular weight is 420 g/mol. The van der Waals surface area contributed by atoms with Crippen LogP contribution < -0.4 is 9.47 Å². The maximum atomic E-state index is 12.5. The van der Waals surface area contributed by atoms with Crippen LogP contribution >= 0.6 is 11.6 Å². The van der Waals surface area contributed by atoms with E-state index in [1.807, 2.05) is 24.3 Å². The fraction of sp³-hybridized carbons (Fsp3) is 0.350. The summed E-state index contributed by atoms with van der Waals surface area (Å²) in [6, 6.07) is 12.0. The van der Waals surface area contributed by atoms with Crippen LogP contribution in [0.25, 0.3) is 0 Å². The number of nitro groups is 1. The van der Waals surface area contributed by atoms with Crippen LogP contribution in [0.4, 0.5) is 5.69 Å². The third-order valence-corrected chi connectivity index (χ3v) is 5.01. The Bertz CT molecular complexity index is 867. The molecule has 2 aromatic rings. The van der Waals surface area contributed by atoms with Gasteiger partial charge in [-0.25, -0.2) is 0 Å². The van der Waals surface area contributed by atoms with Crippen LogP contribution in [0.3, 0.4) is 0 Å². The monoisotopic (exact) mass is 419 g/mol. The number of nitrogens with zero attached hydrogens (tertiary/aromatic N) is 3. The van der Waals surface area contributed by atoms with Gasteiger partial charge in [0.1, 0.15) is 5.75 Å². The first-order valence-electron chi connectivity index (χ1n) is 9.16. The van der Waals surface area contributed by atoms with E-state index < -0.39 is 4.92 Å². The molecule has 8 nitrogen and oxygen atoms in total. The second-order valence-electron chi connectivity index (χ2n) is 6.66. The molecule has 1 heterocycles. The molecule has 0 aromatic heterocycles. The van der Waals surface area contributed by atoms with Crippen molar-refractivity contribution in [2.24, 2.45) is 0 Å². The van der Waals surface area contributed by atoms with Gasteiger partial charge in [0.25, 0.3) is 5.91 Å². The first-order valence-corrected chi connectivity index (χ1v) is 9.54. The van der Waals surface area contributed by atoms with E-state index in [4.69, 9.17) is 21.1 Å². The van der Waals surface area contributed by atoms with Gasteiger partial charge in [-0.2, -0.15) is 0 Å². The van der Waals surface area contributed by atoms with Crippen molar-refractivity contribution < 1.29 is 19.2 Å². The number of piperazine rings is 1. The lowest BCUT2D eigenvalue weighted by Gasteiger charge is -2.34. The largest absolute Gasteiger partial charge is 0.496 e. The molecule has 1 amide bonds. The fourth-order valence-electron chi connectivity index (χ4n) is 3.12. The Morgan fingerprint density at radius 1 is 1.14 bits per heavy atom. The van der Waals surface area contributed by atoms with E-state index in [1.165, 1.54) is 24.8 Å². The Morgan fingerprint density at radius 2 is 1.83 bits per heavy atom. The molecule has 0 aliphatic carbocycles. The summed E-state index contributed by atoms with van der Waals surface area (Å²) >= 11 is 5.91. The van der Waals surface area contributed by atoms with Gasteiger partial charge in [0, 0.05) is 37.7 Å². The minimum Gasteiger partial charge on any atom is -0.496 e.